The van der Waals surface area contributed by atoms with Crippen LogP contribution in [0.1, 0.15) is 22.0 Å². The summed E-state index contributed by atoms with van der Waals surface area (Å²) in [5, 5.41) is 0. The van der Waals surface area contributed by atoms with E-state index in [0.717, 1.165) is 37.3 Å². The molecule has 2 fully saturated rings. The summed E-state index contributed by atoms with van der Waals surface area (Å²) in [7, 11) is 2.16. The first-order chi connectivity index (χ1) is 13.2. The van der Waals surface area contributed by atoms with Crippen molar-refractivity contribution in [2.24, 2.45) is 0 Å². The molecule has 1 amide bonds. The van der Waals surface area contributed by atoms with E-state index >= 15 is 0 Å². The number of hydrogen-bond acceptors (Lipinski definition) is 4. The summed E-state index contributed by atoms with van der Waals surface area (Å²) in [6.45, 7) is 6.04. The summed E-state index contributed by atoms with van der Waals surface area (Å²) in [5.74, 6) is 0.0872. The fourth-order valence-corrected chi connectivity index (χ4v) is 3.77. The Kier molecular flexibility index (Phi) is 5.41. The quantitative estimate of drug-likeness (QED) is 0.838. The van der Waals surface area contributed by atoms with Gasteiger partial charge in [-0.15, -0.1) is 0 Å². The van der Waals surface area contributed by atoms with E-state index in [1.54, 1.807) is 0 Å². The number of carbonyl (C=O) groups is 1. The molecule has 2 aromatic carbocycles. The van der Waals surface area contributed by atoms with E-state index in [-0.39, 0.29) is 12.0 Å². The first-order valence-electron chi connectivity index (χ1n) is 9.70. The lowest BCUT2D eigenvalue weighted by atomic mass is 10.1. The van der Waals surface area contributed by atoms with Gasteiger partial charge in [-0.25, -0.2) is 0 Å². The molecule has 1 unspecified atom stereocenters. The maximum atomic E-state index is 13.0. The second-order valence-corrected chi connectivity index (χ2v) is 7.36. The number of anilines is 1. The largest absolute Gasteiger partial charge is 0.370 e. The Bertz CT molecular complexity index is 755. The Labute approximate surface area is 161 Å². The van der Waals surface area contributed by atoms with Crippen molar-refractivity contribution >= 4 is 11.6 Å². The van der Waals surface area contributed by atoms with Crippen LogP contribution in [0.5, 0.6) is 0 Å². The van der Waals surface area contributed by atoms with Gasteiger partial charge in [-0.2, -0.15) is 0 Å². The monoisotopic (exact) mass is 365 g/mol. The number of piperazine rings is 1. The third kappa shape index (κ3) is 4.15. The predicted molar refractivity (Wildman–Crippen MR) is 107 cm³/mol. The fourth-order valence-electron chi connectivity index (χ4n) is 3.77. The molecule has 2 saturated heterocycles. The normalized spacial score (nSPS) is 21.3. The van der Waals surface area contributed by atoms with Crippen LogP contribution < -0.4 is 4.90 Å². The third-order valence-corrected chi connectivity index (χ3v) is 5.51. The second-order valence-electron chi connectivity index (χ2n) is 7.36. The molecule has 0 bridgehead atoms. The van der Waals surface area contributed by atoms with Crippen molar-refractivity contribution in [1.29, 1.82) is 0 Å². The van der Waals surface area contributed by atoms with Crippen LogP contribution >= 0.6 is 0 Å². The van der Waals surface area contributed by atoms with Crippen molar-refractivity contribution in [1.82, 2.24) is 9.80 Å². The van der Waals surface area contributed by atoms with Crippen LogP contribution in [0.15, 0.2) is 54.6 Å². The third-order valence-electron chi connectivity index (χ3n) is 5.51. The van der Waals surface area contributed by atoms with Gasteiger partial charge in [0.25, 0.3) is 5.91 Å². The molecule has 0 aliphatic carbocycles. The molecule has 0 aromatic heterocycles. The van der Waals surface area contributed by atoms with E-state index in [4.69, 9.17) is 4.74 Å². The van der Waals surface area contributed by atoms with E-state index < -0.39 is 0 Å². The van der Waals surface area contributed by atoms with Crippen LogP contribution in [0, 0.1) is 0 Å². The standard InChI is InChI=1S/C22H27N3O2/c1-23-11-13-24(14-12-23)20-9-7-19(8-10-20)22(26)25-15-16-27-21(17-25)18-5-3-2-4-6-18/h2-10,21H,11-17H2,1H3. The van der Waals surface area contributed by atoms with E-state index in [9.17, 15) is 4.79 Å². The number of morpholine rings is 1. The van der Waals surface area contributed by atoms with Gasteiger partial charge in [0, 0.05) is 44.0 Å². The number of carbonyl (C=O) groups excluding carboxylic acids is 1. The summed E-state index contributed by atoms with van der Waals surface area (Å²) in [6.07, 6.45) is -0.0477. The fraction of sp³-hybridized carbons (Fsp3) is 0.409. The van der Waals surface area contributed by atoms with Crippen LogP contribution in [0.3, 0.4) is 0 Å². The molecule has 2 aliphatic heterocycles. The minimum absolute atomic E-state index is 0.0477. The van der Waals surface area contributed by atoms with Crippen molar-refractivity contribution in [2.75, 3.05) is 57.8 Å². The SMILES string of the molecule is CN1CCN(c2ccc(C(=O)N3CCOC(c4ccccc4)C3)cc2)CC1. The zero-order valence-electron chi connectivity index (χ0n) is 15.9. The maximum absolute atomic E-state index is 13.0. The summed E-state index contributed by atoms with van der Waals surface area (Å²) in [4.78, 5) is 19.6. The van der Waals surface area contributed by atoms with E-state index in [1.807, 2.05) is 35.2 Å². The lowest BCUT2D eigenvalue weighted by molar-refractivity contribution is -0.0228. The molecule has 0 N–H and O–H groups in total. The average Bonchev–Trinajstić information content (AvgIpc) is 2.75. The summed E-state index contributed by atoms with van der Waals surface area (Å²) in [6, 6.07) is 18.2. The van der Waals surface area contributed by atoms with Gasteiger partial charge in [-0.1, -0.05) is 30.3 Å². The Morgan fingerprint density at radius 3 is 2.33 bits per heavy atom. The zero-order valence-corrected chi connectivity index (χ0v) is 15.9. The van der Waals surface area contributed by atoms with Crippen molar-refractivity contribution in [3.05, 3.63) is 65.7 Å². The van der Waals surface area contributed by atoms with Crippen LogP contribution in [0.25, 0.3) is 0 Å². The number of nitrogens with zero attached hydrogens (tertiary/aromatic N) is 3. The summed E-state index contributed by atoms with van der Waals surface area (Å²) < 4.78 is 5.88. The summed E-state index contributed by atoms with van der Waals surface area (Å²) in [5.41, 5.74) is 3.07. The Morgan fingerprint density at radius 2 is 1.63 bits per heavy atom. The van der Waals surface area contributed by atoms with Crippen LogP contribution in [-0.4, -0.2) is 68.6 Å². The number of ether oxygens (including phenoxy) is 1. The molecule has 2 aromatic rings. The summed E-state index contributed by atoms with van der Waals surface area (Å²) >= 11 is 0. The molecule has 2 heterocycles. The molecular formula is C22H27N3O2. The first-order valence-corrected chi connectivity index (χ1v) is 9.70. The molecule has 0 saturated carbocycles. The van der Waals surface area contributed by atoms with E-state index in [1.165, 1.54) is 5.69 Å². The van der Waals surface area contributed by atoms with Crippen LogP contribution in [-0.2, 0) is 4.74 Å². The topological polar surface area (TPSA) is 36.0 Å². The van der Waals surface area contributed by atoms with Gasteiger partial charge in [0.2, 0.25) is 0 Å². The van der Waals surface area contributed by atoms with Crippen molar-refractivity contribution in [3.8, 4) is 0 Å². The van der Waals surface area contributed by atoms with Gasteiger partial charge in [-0.05, 0) is 36.9 Å². The average molecular weight is 365 g/mol. The molecule has 4 rings (SSSR count). The lowest BCUT2D eigenvalue weighted by Crippen LogP contribution is -2.44. The molecule has 0 radical (unpaired) electrons. The van der Waals surface area contributed by atoms with Crippen molar-refractivity contribution < 1.29 is 9.53 Å². The number of benzene rings is 2. The van der Waals surface area contributed by atoms with Gasteiger partial charge in [0.15, 0.2) is 0 Å². The van der Waals surface area contributed by atoms with Gasteiger partial charge in [0.05, 0.1) is 13.2 Å². The minimum Gasteiger partial charge on any atom is -0.370 e. The molecule has 0 spiro atoms. The molecule has 5 nitrogen and oxygen atoms in total. The van der Waals surface area contributed by atoms with E-state index in [2.05, 4.69) is 41.1 Å². The molecule has 2 aliphatic rings. The molecular weight excluding hydrogens is 338 g/mol. The smallest absolute Gasteiger partial charge is 0.254 e. The lowest BCUT2D eigenvalue weighted by Gasteiger charge is -2.34. The number of amides is 1. The molecule has 1 atom stereocenters. The van der Waals surface area contributed by atoms with Gasteiger partial charge in [0.1, 0.15) is 6.10 Å². The van der Waals surface area contributed by atoms with Crippen LogP contribution in [0.4, 0.5) is 5.69 Å². The molecule has 5 heteroatoms. The first kappa shape index (κ1) is 18.0. The highest BCUT2D eigenvalue weighted by Gasteiger charge is 2.26. The Balaban J connectivity index is 1.41. The van der Waals surface area contributed by atoms with Gasteiger partial charge < -0.3 is 19.4 Å². The number of likely N-dealkylation sites (N-methyl/N-ethyl adjacent to an activating group) is 1. The van der Waals surface area contributed by atoms with Crippen molar-refractivity contribution in [2.45, 2.75) is 6.10 Å². The molecule has 142 valence electrons. The highest BCUT2D eigenvalue weighted by Crippen LogP contribution is 2.24. The highest BCUT2D eigenvalue weighted by molar-refractivity contribution is 5.94. The maximum Gasteiger partial charge on any atom is 0.254 e. The van der Waals surface area contributed by atoms with E-state index in [0.29, 0.717) is 19.7 Å². The van der Waals surface area contributed by atoms with Gasteiger partial charge in [-0.3, -0.25) is 4.79 Å². The molecule has 27 heavy (non-hydrogen) atoms. The number of rotatable bonds is 3. The van der Waals surface area contributed by atoms with Crippen molar-refractivity contribution in [3.63, 3.8) is 0 Å². The highest BCUT2D eigenvalue weighted by atomic mass is 16.5. The second kappa shape index (κ2) is 8.11. The Morgan fingerprint density at radius 1 is 0.926 bits per heavy atom. The predicted octanol–water partition coefficient (Wildman–Crippen LogP) is 2.65. The zero-order chi connectivity index (χ0) is 18.6. The van der Waals surface area contributed by atoms with Crippen LogP contribution in [0.2, 0.25) is 0 Å². The minimum atomic E-state index is -0.0477. The van der Waals surface area contributed by atoms with Gasteiger partial charge >= 0.3 is 0 Å². The number of hydrogen-bond donors (Lipinski definition) is 0. The Hall–Kier alpha value is -2.37.